The molecule has 7 aliphatic rings. The Morgan fingerprint density at radius 1 is 0.198 bits per heavy atom. The average molecular weight is 1670 g/mol. The number of para-hydroxylation sites is 1. The molecule has 4 nitrogen and oxygen atoms in total. The van der Waals surface area contributed by atoms with Gasteiger partial charge in [0.2, 0.25) is 0 Å². The average Bonchev–Trinajstić information content (AvgIpc) is 0.839. The van der Waals surface area contributed by atoms with E-state index in [1.54, 1.807) is 5.56 Å². The molecule has 0 heterocycles. The molecule has 0 unspecified atom stereocenters. The highest BCUT2D eigenvalue weighted by molar-refractivity contribution is 5.84. The summed E-state index contributed by atoms with van der Waals surface area (Å²) >= 11 is 0. The highest BCUT2D eigenvalue weighted by atomic mass is 16.5. The maximum absolute atomic E-state index is 6.13. The van der Waals surface area contributed by atoms with E-state index in [-0.39, 0.29) is 0 Å². The van der Waals surface area contributed by atoms with Gasteiger partial charge in [0.1, 0.15) is 30.5 Å². The van der Waals surface area contributed by atoms with Gasteiger partial charge < -0.3 is 18.9 Å². The molecule has 0 bridgehead atoms. The third-order valence-electron chi connectivity index (χ3n) is 28.6. The summed E-state index contributed by atoms with van der Waals surface area (Å²) in [6, 6.07) is 117. The minimum absolute atomic E-state index is 0.484. The number of fused-ring (bicyclic) bond motifs is 2. The summed E-state index contributed by atoms with van der Waals surface area (Å²) in [5, 5.41) is 5.04. The lowest BCUT2D eigenvalue weighted by Gasteiger charge is -2.35. The van der Waals surface area contributed by atoms with Crippen molar-refractivity contribution in [3.05, 3.63) is 378 Å². The van der Waals surface area contributed by atoms with Crippen LogP contribution in [0.5, 0.6) is 17.2 Å². The summed E-state index contributed by atoms with van der Waals surface area (Å²) in [4.78, 5) is 0. The number of hydrogen-bond donors (Lipinski definition) is 0. The molecule has 0 N–H and O–H groups in total. The van der Waals surface area contributed by atoms with Crippen LogP contribution in [0.25, 0.3) is 43.8 Å². The van der Waals surface area contributed by atoms with E-state index in [4.69, 9.17) is 18.9 Å². The minimum Gasteiger partial charge on any atom is -0.493 e. The van der Waals surface area contributed by atoms with Crippen molar-refractivity contribution in [2.75, 3.05) is 6.61 Å². The van der Waals surface area contributed by atoms with Gasteiger partial charge in [0.05, 0.1) is 19.3 Å². The maximum atomic E-state index is 6.13. The van der Waals surface area contributed by atoms with Crippen LogP contribution < -0.4 is 14.2 Å². The molecule has 0 aromatic heterocycles. The van der Waals surface area contributed by atoms with Crippen molar-refractivity contribution in [1.82, 2.24) is 0 Å². The molecule has 0 saturated heterocycles. The van der Waals surface area contributed by atoms with Gasteiger partial charge in [-0.2, -0.15) is 0 Å². The van der Waals surface area contributed by atoms with Gasteiger partial charge in [0.25, 0.3) is 0 Å². The molecular weight excluding hydrogens is 1530 g/mol. The Hall–Kier alpha value is -10.3. The van der Waals surface area contributed by atoms with Gasteiger partial charge in [-0.05, 0) is 274 Å². The van der Waals surface area contributed by atoms with E-state index < -0.39 is 0 Å². The molecule has 654 valence electrons. The molecule has 0 amide bonds. The monoisotopic (exact) mass is 1670 g/mol. The van der Waals surface area contributed by atoms with E-state index in [0.717, 1.165) is 84.7 Å². The first kappa shape index (κ1) is 90.5. The first-order chi connectivity index (χ1) is 62.4. The molecule has 0 aliphatic heterocycles. The highest BCUT2D eigenvalue weighted by Gasteiger charge is 2.29. The summed E-state index contributed by atoms with van der Waals surface area (Å²) in [6.07, 6.45) is 50.2. The smallest absolute Gasteiger partial charge is 0.120 e. The van der Waals surface area contributed by atoms with Gasteiger partial charge in [0, 0.05) is 0 Å². The molecule has 0 radical (unpaired) electrons. The molecule has 0 spiro atoms. The fourth-order valence-electron chi connectivity index (χ4n) is 20.9. The third kappa shape index (κ3) is 29.1. The van der Waals surface area contributed by atoms with Crippen molar-refractivity contribution in [1.29, 1.82) is 0 Å². The standard InChI is InChI=1S/C23H30O.C23H24O.C20H24.2C19H22O.C18H20/c2*1-2-6-19(7-3-1)21-12-10-18(11-13-21)17-24-23-15-14-20-8-4-5-9-22(20)16-23;1-3-7-17(8-4-1)11-12-18-13-15-20(16-14-18)19-9-5-2-6-10-19;2*1-3-7-17(8-4-1)18-13-11-16(12-14-18)15-20-19-9-5-2-6-10-19;1-3-7-15(8-4-1)17-11-13-18(14-12-17)16-9-5-2-6-10-16/h4-5,8-9,14-16,18-19,21H,1-3,6-7,10-13,17H2;4-5,8-16,19H,1-3,6-7,17H2;1,3-4,7-8,13-16,19H,2,5-6,9-12H2;2,5-6,9-14,17H,1,3-4,7-8,15H2;1,3-4,7-8,11-14,19H,2,5-6,9-10,15H2;1,3-4,7-8,11-14,16H,2,5-6,9-10H2. The van der Waals surface area contributed by atoms with E-state index in [2.05, 4.69) is 297 Å². The summed E-state index contributed by atoms with van der Waals surface area (Å²) in [7, 11) is 0. The fourth-order valence-corrected chi connectivity index (χ4v) is 20.9. The summed E-state index contributed by atoms with van der Waals surface area (Å²) in [5.41, 5.74) is 17.9. The Morgan fingerprint density at radius 3 is 0.929 bits per heavy atom. The van der Waals surface area contributed by atoms with Crippen LogP contribution in [0.1, 0.15) is 292 Å². The topological polar surface area (TPSA) is 36.9 Å². The predicted octanol–water partition coefficient (Wildman–Crippen LogP) is 34.5. The highest BCUT2D eigenvalue weighted by Crippen LogP contribution is 2.42. The van der Waals surface area contributed by atoms with Crippen molar-refractivity contribution in [3.8, 4) is 39.5 Å². The molecular formula is C122H142O4. The molecule has 7 aliphatic carbocycles. The summed E-state index contributed by atoms with van der Waals surface area (Å²) < 4.78 is 23.9. The Balaban J connectivity index is 0.000000117. The second-order valence-corrected chi connectivity index (χ2v) is 37.6. The van der Waals surface area contributed by atoms with E-state index >= 15 is 0 Å². The minimum atomic E-state index is 0.484. The van der Waals surface area contributed by atoms with Crippen LogP contribution in [0.15, 0.2) is 328 Å². The summed E-state index contributed by atoms with van der Waals surface area (Å²) in [5.74, 6) is 8.91. The molecule has 20 rings (SSSR count). The van der Waals surface area contributed by atoms with Gasteiger partial charge in [-0.15, -0.1) is 0 Å². The molecule has 13 aromatic carbocycles. The Labute approximate surface area is 757 Å². The maximum Gasteiger partial charge on any atom is 0.120 e. The molecule has 7 saturated carbocycles. The first-order valence-electron chi connectivity index (χ1n) is 49.6. The Kier molecular flexibility index (Phi) is 36.2. The zero-order valence-corrected chi connectivity index (χ0v) is 75.7. The van der Waals surface area contributed by atoms with Crippen molar-refractivity contribution < 1.29 is 18.9 Å². The number of rotatable bonds is 22. The van der Waals surface area contributed by atoms with Crippen LogP contribution in [0.3, 0.4) is 0 Å². The lowest BCUT2D eigenvalue weighted by atomic mass is 9.71. The first-order valence-corrected chi connectivity index (χ1v) is 49.6. The predicted molar refractivity (Wildman–Crippen MR) is 532 cm³/mol. The molecule has 13 aromatic rings. The molecule has 126 heavy (non-hydrogen) atoms. The van der Waals surface area contributed by atoms with Crippen molar-refractivity contribution >= 4 is 21.5 Å². The van der Waals surface area contributed by atoms with E-state index in [1.165, 1.54) is 307 Å². The zero-order chi connectivity index (χ0) is 85.5. The number of hydrogen-bond acceptors (Lipinski definition) is 4. The SMILES string of the molecule is c1ccc(-c2ccc(C3CCCCC3)cc2)cc1.c1ccc(-c2ccc(COC3CCCCC3)cc2)cc1.c1ccc(CCc2ccc(C3CCCCC3)cc2)cc1.c1ccc(OCc2ccc(C3CCCCC3)cc2)cc1.c1ccc2cc(OCC3CCC(C4CCCCC4)CC3)ccc2c1.c1ccc2cc(OCc3ccc(C4CCCCC4)cc3)ccc2c1. The van der Waals surface area contributed by atoms with E-state index in [0.29, 0.717) is 19.3 Å². The van der Waals surface area contributed by atoms with Crippen LogP contribution in [0.4, 0.5) is 0 Å². The zero-order valence-electron chi connectivity index (χ0n) is 75.7. The van der Waals surface area contributed by atoms with Crippen LogP contribution >= 0.6 is 0 Å². The Bertz CT molecular complexity index is 5040. The van der Waals surface area contributed by atoms with Crippen LogP contribution in [-0.2, 0) is 37.4 Å². The molecule has 7 fully saturated rings. The second-order valence-electron chi connectivity index (χ2n) is 37.6. The van der Waals surface area contributed by atoms with Crippen molar-refractivity contribution in [3.63, 3.8) is 0 Å². The molecule has 0 atom stereocenters. The van der Waals surface area contributed by atoms with Gasteiger partial charge in [-0.3, -0.25) is 0 Å². The van der Waals surface area contributed by atoms with Crippen LogP contribution in [-0.4, -0.2) is 12.7 Å². The van der Waals surface area contributed by atoms with Gasteiger partial charge in [-0.1, -0.05) is 420 Å². The van der Waals surface area contributed by atoms with Crippen molar-refractivity contribution in [2.24, 2.45) is 17.8 Å². The largest absolute Gasteiger partial charge is 0.493 e. The van der Waals surface area contributed by atoms with Gasteiger partial charge in [-0.25, -0.2) is 0 Å². The number of aryl methyl sites for hydroxylation is 2. The van der Waals surface area contributed by atoms with Crippen LogP contribution in [0.2, 0.25) is 0 Å². The van der Waals surface area contributed by atoms with E-state index in [1.807, 2.05) is 30.3 Å². The summed E-state index contributed by atoms with van der Waals surface area (Å²) in [6.45, 7) is 2.92. The van der Waals surface area contributed by atoms with Gasteiger partial charge in [0.15, 0.2) is 0 Å². The number of ether oxygens (including phenoxy) is 4. The van der Waals surface area contributed by atoms with Gasteiger partial charge >= 0.3 is 0 Å². The normalized spacial score (nSPS) is 17.9. The van der Waals surface area contributed by atoms with Crippen LogP contribution in [0, 0.1) is 17.8 Å². The Morgan fingerprint density at radius 2 is 0.500 bits per heavy atom. The van der Waals surface area contributed by atoms with Crippen molar-refractivity contribution in [2.45, 2.75) is 281 Å². The lowest BCUT2D eigenvalue weighted by Crippen LogP contribution is -2.26. The van der Waals surface area contributed by atoms with E-state index in [9.17, 15) is 0 Å². The molecule has 4 heteroatoms. The number of benzene rings is 13. The fraction of sp³-hybridized carbons (Fsp3) is 0.393. The quantitative estimate of drug-likeness (QED) is 0.0678. The lowest BCUT2D eigenvalue weighted by molar-refractivity contribution is 0.0169. The second kappa shape index (κ2) is 50.3. The third-order valence-corrected chi connectivity index (χ3v) is 28.6.